The number of amides is 1. The largest absolute Gasteiger partial charge is 0.394 e. The average molecular weight is 256 g/mol. The molecule has 0 spiro atoms. The van der Waals surface area contributed by atoms with Gasteiger partial charge in [0.15, 0.2) is 0 Å². The van der Waals surface area contributed by atoms with Gasteiger partial charge >= 0.3 is 0 Å². The Labute approximate surface area is 111 Å². The molecule has 1 rings (SSSR count). The number of nitrogens with zero attached hydrogens (tertiary/aromatic N) is 1. The number of rotatable bonds is 7. The van der Waals surface area contributed by atoms with Crippen molar-refractivity contribution < 1.29 is 9.90 Å². The fraction of sp³-hybridized carbons (Fsp3) is 0.929. The molecule has 0 aliphatic carbocycles. The Hall–Kier alpha value is -0.610. The van der Waals surface area contributed by atoms with Crippen LogP contribution in [0.5, 0.6) is 0 Å². The van der Waals surface area contributed by atoms with Crippen molar-refractivity contribution in [3.8, 4) is 0 Å². The average Bonchev–Trinajstić information content (AvgIpc) is 2.81. The standard InChI is InChI=1S/C14H28N2O2/c1-11(2)12(7-8-15)5-6-14(18)16-9-3-4-13(16)10-17/h11-13,17H,3-10,15H2,1-2H3. The van der Waals surface area contributed by atoms with Crippen molar-refractivity contribution in [3.63, 3.8) is 0 Å². The number of hydrogen-bond acceptors (Lipinski definition) is 3. The zero-order valence-corrected chi connectivity index (χ0v) is 11.8. The van der Waals surface area contributed by atoms with Crippen LogP contribution in [0.2, 0.25) is 0 Å². The minimum atomic E-state index is 0.0597. The Morgan fingerprint density at radius 3 is 2.72 bits per heavy atom. The van der Waals surface area contributed by atoms with Gasteiger partial charge in [0.25, 0.3) is 0 Å². The Morgan fingerprint density at radius 1 is 1.44 bits per heavy atom. The molecule has 3 N–H and O–H groups in total. The lowest BCUT2D eigenvalue weighted by Crippen LogP contribution is -2.37. The van der Waals surface area contributed by atoms with Crippen LogP contribution in [0.1, 0.15) is 46.0 Å². The number of hydrogen-bond donors (Lipinski definition) is 2. The molecule has 4 heteroatoms. The van der Waals surface area contributed by atoms with Gasteiger partial charge < -0.3 is 15.7 Å². The fourth-order valence-corrected chi connectivity index (χ4v) is 2.83. The molecule has 1 amide bonds. The maximum Gasteiger partial charge on any atom is 0.222 e. The quantitative estimate of drug-likeness (QED) is 0.723. The second-order valence-electron chi connectivity index (χ2n) is 5.69. The SMILES string of the molecule is CC(C)C(CCN)CCC(=O)N1CCCC1CO. The third-order valence-corrected chi connectivity index (χ3v) is 4.12. The molecule has 0 radical (unpaired) electrons. The predicted molar refractivity (Wildman–Crippen MR) is 73.1 cm³/mol. The topological polar surface area (TPSA) is 66.6 Å². The molecule has 106 valence electrons. The van der Waals surface area contributed by atoms with Gasteiger partial charge in [-0.3, -0.25) is 4.79 Å². The third kappa shape index (κ3) is 4.25. The van der Waals surface area contributed by atoms with Crippen molar-refractivity contribution in [3.05, 3.63) is 0 Å². The van der Waals surface area contributed by atoms with Gasteiger partial charge in [-0.15, -0.1) is 0 Å². The minimum absolute atomic E-state index is 0.0597. The Kier molecular flexibility index (Phi) is 6.65. The van der Waals surface area contributed by atoms with E-state index in [1.165, 1.54) is 0 Å². The van der Waals surface area contributed by atoms with Crippen molar-refractivity contribution in [1.29, 1.82) is 0 Å². The molecule has 1 aliphatic rings. The summed E-state index contributed by atoms with van der Waals surface area (Å²) in [5.74, 6) is 1.32. The maximum absolute atomic E-state index is 12.1. The van der Waals surface area contributed by atoms with E-state index in [-0.39, 0.29) is 18.6 Å². The van der Waals surface area contributed by atoms with Gasteiger partial charge in [0, 0.05) is 13.0 Å². The first kappa shape index (κ1) is 15.4. The minimum Gasteiger partial charge on any atom is -0.394 e. The van der Waals surface area contributed by atoms with E-state index in [4.69, 9.17) is 5.73 Å². The monoisotopic (exact) mass is 256 g/mol. The maximum atomic E-state index is 12.1. The Balaban J connectivity index is 2.39. The number of likely N-dealkylation sites (tertiary alicyclic amines) is 1. The smallest absolute Gasteiger partial charge is 0.222 e. The number of aliphatic hydroxyl groups is 1. The summed E-state index contributed by atoms with van der Waals surface area (Å²) in [5, 5.41) is 9.22. The van der Waals surface area contributed by atoms with E-state index in [0.29, 0.717) is 24.8 Å². The lowest BCUT2D eigenvalue weighted by atomic mass is 9.88. The van der Waals surface area contributed by atoms with Crippen molar-refractivity contribution in [2.24, 2.45) is 17.6 Å². The van der Waals surface area contributed by atoms with Crippen molar-refractivity contribution in [2.45, 2.75) is 52.0 Å². The van der Waals surface area contributed by atoms with E-state index in [1.54, 1.807) is 0 Å². The zero-order chi connectivity index (χ0) is 13.5. The Morgan fingerprint density at radius 2 is 2.17 bits per heavy atom. The number of carbonyl (C=O) groups is 1. The van der Waals surface area contributed by atoms with E-state index < -0.39 is 0 Å². The number of aliphatic hydroxyl groups excluding tert-OH is 1. The molecule has 0 bridgehead atoms. The summed E-state index contributed by atoms with van der Waals surface area (Å²) in [4.78, 5) is 14.0. The van der Waals surface area contributed by atoms with Crippen LogP contribution < -0.4 is 5.73 Å². The molecule has 0 aromatic carbocycles. The van der Waals surface area contributed by atoms with Crippen LogP contribution >= 0.6 is 0 Å². The molecule has 18 heavy (non-hydrogen) atoms. The van der Waals surface area contributed by atoms with Gasteiger partial charge in [-0.1, -0.05) is 13.8 Å². The lowest BCUT2D eigenvalue weighted by molar-refractivity contribution is -0.133. The highest BCUT2D eigenvalue weighted by atomic mass is 16.3. The predicted octanol–water partition coefficient (Wildman–Crippen LogP) is 1.37. The molecule has 0 saturated carbocycles. The van der Waals surface area contributed by atoms with Crippen LogP contribution in [0.3, 0.4) is 0 Å². The summed E-state index contributed by atoms with van der Waals surface area (Å²) in [5.41, 5.74) is 5.61. The second kappa shape index (κ2) is 7.74. The second-order valence-corrected chi connectivity index (χ2v) is 5.69. The first-order valence-corrected chi connectivity index (χ1v) is 7.20. The van der Waals surface area contributed by atoms with Crippen LogP contribution in [-0.4, -0.2) is 41.7 Å². The summed E-state index contributed by atoms with van der Waals surface area (Å²) in [6, 6.07) is 0.0597. The van der Waals surface area contributed by atoms with Gasteiger partial charge in [0.2, 0.25) is 5.91 Å². The summed E-state index contributed by atoms with van der Waals surface area (Å²) >= 11 is 0. The summed E-state index contributed by atoms with van der Waals surface area (Å²) < 4.78 is 0. The van der Waals surface area contributed by atoms with Crippen LogP contribution in [0.25, 0.3) is 0 Å². The number of nitrogens with two attached hydrogens (primary N) is 1. The van der Waals surface area contributed by atoms with Crippen molar-refractivity contribution in [1.82, 2.24) is 4.90 Å². The van der Waals surface area contributed by atoms with Gasteiger partial charge in [-0.2, -0.15) is 0 Å². The van der Waals surface area contributed by atoms with E-state index in [1.807, 2.05) is 4.90 Å². The first-order valence-electron chi connectivity index (χ1n) is 7.20. The summed E-state index contributed by atoms with van der Waals surface area (Å²) in [6.07, 6.45) is 4.47. The molecule has 1 aliphatic heterocycles. The van der Waals surface area contributed by atoms with Gasteiger partial charge in [0.1, 0.15) is 0 Å². The third-order valence-electron chi connectivity index (χ3n) is 4.12. The van der Waals surface area contributed by atoms with Gasteiger partial charge in [0.05, 0.1) is 12.6 Å². The highest BCUT2D eigenvalue weighted by Crippen LogP contribution is 2.23. The van der Waals surface area contributed by atoms with Crippen LogP contribution in [0, 0.1) is 11.8 Å². The molecule has 2 atom stereocenters. The highest BCUT2D eigenvalue weighted by molar-refractivity contribution is 5.76. The molecular formula is C14H28N2O2. The summed E-state index contributed by atoms with van der Waals surface area (Å²) in [6.45, 7) is 5.99. The van der Waals surface area contributed by atoms with Crippen LogP contribution in [0.4, 0.5) is 0 Å². The number of carbonyl (C=O) groups excluding carboxylic acids is 1. The lowest BCUT2D eigenvalue weighted by Gasteiger charge is -2.25. The molecular weight excluding hydrogens is 228 g/mol. The molecule has 4 nitrogen and oxygen atoms in total. The van der Waals surface area contributed by atoms with E-state index in [0.717, 1.165) is 32.2 Å². The van der Waals surface area contributed by atoms with Crippen LogP contribution in [-0.2, 0) is 4.79 Å². The molecule has 1 heterocycles. The first-order chi connectivity index (χ1) is 8.60. The zero-order valence-electron chi connectivity index (χ0n) is 11.8. The molecule has 0 aromatic rings. The van der Waals surface area contributed by atoms with Gasteiger partial charge in [-0.25, -0.2) is 0 Å². The fourth-order valence-electron chi connectivity index (χ4n) is 2.83. The Bertz CT molecular complexity index is 256. The summed E-state index contributed by atoms with van der Waals surface area (Å²) in [7, 11) is 0. The highest BCUT2D eigenvalue weighted by Gasteiger charge is 2.28. The molecule has 0 aromatic heterocycles. The normalized spacial score (nSPS) is 21.6. The van der Waals surface area contributed by atoms with E-state index in [2.05, 4.69) is 13.8 Å². The van der Waals surface area contributed by atoms with Gasteiger partial charge in [-0.05, 0) is 44.1 Å². The van der Waals surface area contributed by atoms with E-state index >= 15 is 0 Å². The van der Waals surface area contributed by atoms with E-state index in [9.17, 15) is 9.90 Å². The molecule has 2 unspecified atom stereocenters. The van der Waals surface area contributed by atoms with Crippen LogP contribution in [0.15, 0.2) is 0 Å². The van der Waals surface area contributed by atoms with Crippen molar-refractivity contribution in [2.75, 3.05) is 19.7 Å². The molecule has 1 saturated heterocycles. The van der Waals surface area contributed by atoms with Crippen molar-refractivity contribution >= 4 is 5.91 Å². The molecule has 1 fully saturated rings.